The van der Waals surface area contributed by atoms with E-state index >= 15 is 0 Å². The Hall–Kier alpha value is -3.19. The highest BCUT2D eigenvalue weighted by atomic mass is 16.2. The number of nitrogens with zero attached hydrogens (tertiary/aromatic N) is 2. The molecule has 164 valence electrons. The van der Waals surface area contributed by atoms with E-state index in [1.54, 1.807) is 25.1 Å². The zero-order valence-corrected chi connectivity index (χ0v) is 18.4. The number of aromatic amines is 1. The fourth-order valence-electron chi connectivity index (χ4n) is 4.00. The number of nitrogens with one attached hydrogen (secondary N) is 2. The molecule has 1 atom stereocenters. The van der Waals surface area contributed by atoms with Gasteiger partial charge in [-0.3, -0.25) is 19.3 Å². The molecule has 0 spiro atoms. The summed E-state index contributed by atoms with van der Waals surface area (Å²) in [5, 5.41) is 3.05. The van der Waals surface area contributed by atoms with E-state index in [1.807, 2.05) is 18.2 Å². The zero-order chi connectivity index (χ0) is 22.4. The van der Waals surface area contributed by atoms with Crippen LogP contribution in [-0.2, 0) is 13.0 Å². The number of H-pyrrole nitrogens is 1. The average Bonchev–Trinajstić information content (AvgIpc) is 2.79. The van der Waals surface area contributed by atoms with Crippen LogP contribution in [0.5, 0.6) is 0 Å². The number of likely N-dealkylation sites (N-methyl/N-ethyl adjacent to an activating group) is 1. The molecular formula is C24H30N4O3. The lowest BCUT2D eigenvalue weighted by Gasteiger charge is -2.30. The topological polar surface area (TPSA) is 87.2 Å². The third-order valence-corrected chi connectivity index (χ3v) is 5.69. The minimum atomic E-state index is -0.684. The number of amides is 1. The molecule has 2 N–H and O–H groups in total. The Morgan fingerprint density at radius 1 is 1.06 bits per heavy atom. The van der Waals surface area contributed by atoms with Crippen LogP contribution in [0, 0.1) is 0 Å². The van der Waals surface area contributed by atoms with Gasteiger partial charge in [-0.2, -0.15) is 0 Å². The van der Waals surface area contributed by atoms with E-state index in [0.29, 0.717) is 29.7 Å². The van der Waals surface area contributed by atoms with Crippen molar-refractivity contribution in [3.05, 3.63) is 80.4 Å². The number of fused-ring (bicyclic) bond motifs is 1. The van der Waals surface area contributed by atoms with Gasteiger partial charge in [0.05, 0.1) is 11.0 Å². The minimum Gasteiger partial charge on any atom is -0.350 e. The van der Waals surface area contributed by atoms with Gasteiger partial charge in [-0.05, 0) is 50.2 Å². The van der Waals surface area contributed by atoms with Crippen LogP contribution in [0.15, 0.2) is 58.1 Å². The highest BCUT2D eigenvalue weighted by molar-refractivity contribution is 5.97. The van der Waals surface area contributed by atoms with E-state index in [0.717, 1.165) is 19.5 Å². The van der Waals surface area contributed by atoms with Crippen LogP contribution >= 0.6 is 0 Å². The first-order chi connectivity index (χ1) is 15.0. The van der Waals surface area contributed by atoms with Crippen molar-refractivity contribution in [1.29, 1.82) is 0 Å². The summed E-state index contributed by atoms with van der Waals surface area (Å²) in [4.78, 5) is 41.7. The number of hydrogen-bond donors (Lipinski definition) is 2. The third kappa shape index (κ3) is 5.11. The summed E-state index contributed by atoms with van der Waals surface area (Å²) in [6, 6.07) is 15.4. The molecule has 7 heteroatoms. The Morgan fingerprint density at radius 3 is 2.42 bits per heavy atom. The van der Waals surface area contributed by atoms with Crippen molar-refractivity contribution in [2.24, 2.45) is 0 Å². The maximum atomic E-state index is 12.9. The first kappa shape index (κ1) is 22.5. The Balaban J connectivity index is 1.80. The van der Waals surface area contributed by atoms with Crippen molar-refractivity contribution in [2.45, 2.75) is 39.8 Å². The molecule has 0 aliphatic rings. The molecule has 2 aromatic carbocycles. The van der Waals surface area contributed by atoms with Gasteiger partial charge >= 0.3 is 11.1 Å². The van der Waals surface area contributed by atoms with Gasteiger partial charge in [0.1, 0.15) is 0 Å². The monoisotopic (exact) mass is 422 g/mol. The summed E-state index contributed by atoms with van der Waals surface area (Å²) in [5.41, 5.74) is 1.49. The molecule has 0 bridgehead atoms. The Morgan fingerprint density at radius 2 is 1.77 bits per heavy atom. The van der Waals surface area contributed by atoms with Gasteiger partial charge in [-0.15, -0.1) is 0 Å². The first-order valence-corrected chi connectivity index (χ1v) is 10.8. The zero-order valence-electron chi connectivity index (χ0n) is 18.4. The van der Waals surface area contributed by atoms with Crippen LogP contribution in [0.1, 0.15) is 36.7 Å². The highest BCUT2D eigenvalue weighted by Crippen LogP contribution is 2.13. The van der Waals surface area contributed by atoms with Crippen LogP contribution in [0.3, 0.4) is 0 Å². The maximum Gasteiger partial charge on any atom is 0.316 e. The van der Waals surface area contributed by atoms with Gasteiger partial charge in [0, 0.05) is 24.7 Å². The predicted octanol–water partition coefficient (Wildman–Crippen LogP) is 2.39. The standard InChI is InChI=1S/C24H30N4O3/c1-4-27(5-2)19(14-17-10-8-7-9-11-17)16-25-22(29)18-12-13-21-20(15-18)26-23(30)24(31)28(21)6-3/h7-13,15,19H,4-6,14,16H2,1-3H3,(H,25,29)(H,26,30). The molecule has 7 nitrogen and oxygen atoms in total. The van der Waals surface area contributed by atoms with Crippen molar-refractivity contribution >= 4 is 16.9 Å². The third-order valence-electron chi connectivity index (χ3n) is 5.69. The van der Waals surface area contributed by atoms with E-state index in [-0.39, 0.29) is 11.9 Å². The summed E-state index contributed by atoms with van der Waals surface area (Å²) < 4.78 is 1.41. The molecule has 1 amide bonds. The molecule has 3 rings (SSSR count). The van der Waals surface area contributed by atoms with Crippen LogP contribution < -0.4 is 16.4 Å². The molecule has 0 fully saturated rings. The number of aryl methyl sites for hydroxylation is 1. The summed E-state index contributed by atoms with van der Waals surface area (Å²) in [7, 11) is 0. The normalized spacial score (nSPS) is 12.3. The van der Waals surface area contributed by atoms with E-state index in [4.69, 9.17) is 0 Å². The Labute approximate surface area is 181 Å². The lowest BCUT2D eigenvalue weighted by Crippen LogP contribution is -2.45. The summed E-state index contributed by atoms with van der Waals surface area (Å²) >= 11 is 0. The van der Waals surface area contributed by atoms with Gasteiger partial charge in [0.2, 0.25) is 0 Å². The van der Waals surface area contributed by atoms with Gasteiger partial charge < -0.3 is 14.9 Å². The number of rotatable bonds is 9. The molecular weight excluding hydrogens is 392 g/mol. The molecule has 3 aromatic rings. The minimum absolute atomic E-state index is 0.173. The molecule has 0 saturated heterocycles. The lowest BCUT2D eigenvalue weighted by atomic mass is 10.0. The maximum absolute atomic E-state index is 12.9. The van der Waals surface area contributed by atoms with Gasteiger partial charge in [-0.1, -0.05) is 44.2 Å². The number of carbonyl (C=O) groups is 1. The largest absolute Gasteiger partial charge is 0.350 e. The quantitative estimate of drug-likeness (QED) is 0.519. The summed E-state index contributed by atoms with van der Waals surface area (Å²) in [5.74, 6) is -0.206. The summed E-state index contributed by atoms with van der Waals surface area (Å²) in [6.45, 7) is 8.74. The van der Waals surface area contributed by atoms with Crippen molar-refractivity contribution in [2.75, 3.05) is 19.6 Å². The highest BCUT2D eigenvalue weighted by Gasteiger charge is 2.18. The number of hydrogen-bond acceptors (Lipinski definition) is 4. The molecule has 0 aliphatic heterocycles. The van der Waals surface area contributed by atoms with E-state index in [9.17, 15) is 14.4 Å². The number of carbonyl (C=O) groups excluding carboxylic acids is 1. The van der Waals surface area contributed by atoms with Crippen molar-refractivity contribution in [1.82, 2.24) is 19.8 Å². The van der Waals surface area contributed by atoms with Gasteiger partial charge in [0.25, 0.3) is 5.91 Å². The van der Waals surface area contributed by atoms with Crippen LogP contribution in [-0.4, -0.2) is 46.0 Å². The van der Waals surface area contributed by atoms with Gasteiger partial charge in [0.15, 0.2) is 0 Å². The van der Waals surface area contributed by atoms with E-state index in [2.05, 4.69) is 41.2 Å². The molecule has 0 saturated carbocycles. The first-order valence-electron chi connectivity index (χ1n) is 10.8. The molecule has 1 unspecified atom stereocenters. The Bertz CT molecular complexity index is 1150. The fraction of sp³-hybridized carbons (Fsp3) is 0.375. The fourth-order valence-corrected chi connectivity index (χ4v) is 4.00. The van der Waals surface area contributed by atoms with Gasteiger partial charge in [-0.25, -0.2) is 0 Å². The second-order valence-corrected chi connectivity index (χ2v) is 7.51. The SMILES string of the molecule is CCN(CC)C(CNC(=O)c1ccc2c(c1)[nH]c(=O)c(=O)n2CC)Cc1ccccc1. The van der Waals surface area contributed by atoms with E-state index < -0.39 is 11.1 Å². The molecule has 1 heterocycles. The molecule has 0 radical (unpaired) electrons. The summed E-state index contributed by atoms with van der Waals surface area (Å²) in [6.07, 6.45) is 0.844. The number of benzene rings is 2. The molecule has 1 aromatic heterocycles. The lowest BCUT2D eigenvalue weighted by molar-refractivity contribution is 0.0934. The Kier molecular flexibility index (Phi) is 7.41. The average molecular weight is 423 g/mol. The molecule has 0 aliphatic carbocycles. The van der Waals surface area contributed by atoms with Crippen LogP contribution in [0.2, 0.25) is 0 Å². The van der Waals surface area contributed by atoms with Crippen molar-refractivity contribution in [3.8, 4) is 0 Å². The predicted molar refractivity (Wildman–Crippen MR) is 124 cm³/mol. The van der Waals surface area contributed by atoms with Crippen molar-refractivity contribution in [3.63, 3.8) is 0 Å². The smallest absolute Gasteiger partial charge is 0.316 e. The second kappa shape index (κ2) is 10.2. The number of aromatic nitrogens is 2. The van der Waals surface area contributed by atoms with Crippen LogP contribution in [0.25, 0.3) is 11.0 Å². The molecule has 31 heavy (non-hydrogen) atoms. The van der Waals surface area contributed by atoms with E-state index in [1.165, 1.54) is 10.1 Å². The second-order valence-electron chi connectivity index (χ2n) is 7.51. The van der Waals surface area contributed by atoms with Crippen LogP contribution in [0.4, 0.5) is 0 Å². The van der Waals surface area contributed by atoms with Crippen molar-refractivity contribution < 1.29 is 4.79 Å².